The fraction of sp³-hybridized carbons (Fsp3) is 0.647. The molecule has 2 fully saturated rings. The molecule has 0 radical (unpaired) electrons. The van der Waals surface area contributed by atoms with Crippen molar-refractivity contribution in [3.63, 3.8) is 0 Å². The summed E-state index contributed by atoms with van der Waals surface area (Å²) in [5.74, 6) is 0.796. The number of benzene rings is 1. The van der Waals surface area contributed by atoms with Crippen LogP contribution in [0, 0.1) is 5.92 Å². The summed E-state index contributed by atoms with van der Waals surface area (Å²) >= 11 is 9.79. The van der Waals surface area contributed by atoms with E-state index >= 15 is 0 Å². The minimum absolute atomic E-state index is 0. The quantitative estimate of drug-likeness (QED) is 0.665. The van der Waals surface area contributed by atoms with Crippen molar-refractivity contribution >= 4 is 52.3 Å². The van der Waals surface area contributed by atoms with E-state index < -0.39 is 0 Å². The number of hydrogen-bond donors (Lipinski definition) is 1. The van der Waals surface area contributed by atoms with Gasteiger partial charge in [0.1, 0.15) is 0 Å². The molecule has 132 valence electrons. The van der Waals surface area contributed by atoms with Crippen LogP contribution in [0.2, 0.25) is 5.02 Å². The highest BCUT2D eigenvalue weighted by Gasteiger charge is 2.31. The van der Waals surface area contributed by atoms with Crippen LogP contribution in [0.25, 0.3) is 0 Å². The lowest BCUT2D eigenvalue weighted by Gasteiger charge is -2.41. The van der Waals surface area contributed by atoms with E-state index in [1.807, 2.05) is 6.07 Å². The Bertz CT molecular complexity index is 457. The van der Waals surface area contributed by atoms with Gasteiger partial charge in [-0.2, -0.15) is 0 Å². The molecule has 1 saturated heterocycles. The third-order valence-corrected chi connectivity index (χ3v) is 6.14. The van der Waals surface area contributed by atoms with Crippen molar-refractivity contribution in [2.75, 3.05) is 26.2 Å². The monoisotopic (exact) mass is 442 g/mol. The highest BCUT2D eigenvalue weighted by molar-refractivity contribution is 9.10. The maximum absolute atomic E-state index is 6.19. The van der Waals surface area contributed by atoms with E-state index in [0.717, 1.165) is 41.6 Å². The average molecular weight is 445 g/mol. The summed E-state index contributed by atoms with van der Waals surface area (Å²) in [6.45, 7) is 4.53. The van der Waals surface area contributed by atoms with Gasteiger partial charge in [-0.1, -0.05) is 36.9 Å². The maximum Gasteiger partial charge on any atom is 0.0548 e. The standard InChI is InChI=1S/C17H24BrClN2.2ClH/c18-15-12-14(6-7-16(15)19)17(13-4-2-1-3-5-13)21-10-8-20-9-11-21;;/h6-7,12-13,17,20H,1-5,8-11H2;2*1H/t17-;;/m0../s1. The van der Waals surface area contributed by atoms with Crippen LogP contribution in [-0.4, -0.2) is 31.1 Å². The van der Waals surface area contributed by atoms with E-state index in [0.29, 0.717) is 6.04 Å². The van der Waals surface area contributed by atoms with E-state index in [4.69, 9.17) is 11.6 Å². The first-order chi connectivity index (χ1) is 10.3. The maximum atomic E-state index is 6.19. The molecule has 1 heterocycles. The molecule has 1 saturated carbocycles. The lowest BCUT2D eigenvalue weighted by atomic mass is 9.80. The first-order valence-electron chi connectivity index (χ1n) is 8.15. The van der Waals surface area contributed by atoms with Gasteiger partial charge in [0.05, 0.1) is 5.02 Å². The Hall–Kier alpha value is 0.490. The average Bonchev–Trinajstić information content (AvgIpc) is 2.53. The van der Waals surface area contributed by atoms with Crippen molar-refractivity contribution in [1.29, 1.82) is 0 Å². The molecule has 3 rings (SSSR count). The molecule has 1 N–H and O–H groups in total. The van der Waals surface area contributed by atoms with Crippen LogP contribution < -0.4 is 5.32 Å². The van der Waals surface area contributed by atoms with Gasteiger partial charge in [-0.05, 0) is 52.4 Å². The Morgan fingerprint density at radius 1 is 1.09 bits per heavy atom. The summed E-state index contributed by atoms with van der Waals surface area (Å²) in [5.41, 5.74) is 1.43. The number of nitrogens with one attached hydrogen (secondary N) is 1. The molecule has 1 aromatic carbocycles. The number of nitrogens with zero attached hydrogens (tertiary/aromatic N) is 1. The SMILES string of the molecule is Cl.Cl.Clc1ccc([C@H](C2CCCCC2)N2CCNCC2)cc1Br. The summed E-state index contributed by atoms with van der Waals surface area (Å²) in [6.07, 6.45) is 6.93. The molecule has 0 unspecified atom stereocenters. The van der Waals surface area contributed by atoms with Gasteiger partial charge in [-0.3, -0.25) is 4.90 Å². The third-order valence-electron chi connectivity index (χ3n) is 4.93. The van der Waals surface area contributed by atoms with Gasteiger partial charge >= 0.3 is 0 Å². The summed E-state index contributed by atoms with van der Waals surface area (Å²) < 4.78 is 1.03. The Kier molecular flexibility index (Phi) is 9.81. The van der Waals surface area contributed by atoms with E-state index in [1.54, 1.807) is 0 Å². The van der Waals surface area contributed by atoms with Crippen LogP contribution in [0.5, 0.6) is 0 Å². The van der Waals surface area contributed by atoms with Crippen LogP contribution in [0.4, 0.5) is 0 Å². The number of hydrogen-bond acceptors (Lipinski definition) is 2. The zero-order valence-corrected chi connectivity index (χ0v) is 17.2. The van der Waals surface area contributed by atoms with Gasteiger partial charge in [0, 0.05) is 36.7 Å². The Morgan fingerprint density at radius 2 is 1.74 bits per heavy atom. The Labute approximate surface area is 165 Å². The molecule has 1 aliphatic heterocycles. The molecule has 23 heavy (non-hydrogen) atoms. The summed E-state index contributed by atoms with van der Waals surface area (Å²) in [7, 11) is 0. The van der Waals surface area contributed by atoms with E-state index in [1.165, 1.54) is 37.7 Å². The normalized spacial score (nSPS) is 21.1. The van der Waals surface area contributed by atoms with Gasteiger partial charge in [0.2, 0.25) is 0 Å². The van der Waals surface area contributed by atoms with E-state index in [-0.39, 0.29) is 24.8 Å². The minimum atomic E-state index is 0. The van der Waals surface area contributed by atoms with Gasteiger partial charge in [-0.25, -0.2) is 0 Å². The molecule has 2 nitrogen and oxygen atoms in total. The van der Waals surface area contributed by atoms with Crippen molar-refractivity contribution in [3.05, 3.63) is 33.3 Å². The summed E-state index contributed by atoms with van der Waals surface area (Å²) in [5, 5.41) is 4.28. The second-order valence-electron chi connectivity index (χ2n) is 6.30. The van der Waals surface area contributed by atoms with Gasteiger partial charge in [-0.15, -0.1) is 24.8 Å². The molecule has 6 heteroatoms. The number of piperazine rings is 1. The zero-order chi connectivity index (χ0) is 14.7. The van der Waals surface area contributed by atoms with Crippen LogP contribution in [0.15, 0.2) is 22.7 Å². The largest absolute Gasteiger partial charge is 0.314 e. The topological polar surface area (TPSA) is 15.3 Å². The molecule has 0 amide bonds. The molecule has 0 spiro atoms. The molecule has 1 aromatic rings. The van der Waals surface area contributed by atoms with Gasteiger partial charge in [0.25, 0.3) is 0 Å². The molecular weight excluding hydrogens is 418 g/mol. The number of rotatable bonds is 3. The molecule has 1 aliphatic carbocycles. The summed E-state index contributed by atoms with van der Waals surface area (Å²) in [6, 6.07) is 7.07. The van der Waals surface area contributed by atoms with E-state index in [2.05, 4.69) is 38.3 Å². The minimum Gasteiger partial charge on any atom is -0.314 e. The molecular formula is C17H26BrCl3N2. The van der Waals surface area contributed by atoms with Crippen LogP contribution in [0.3, 0.4) is 0 Å². The first kappa shape index (κ1) is 21.5. The first-order valence-corrected chi connectivity index (χ1v) is 9.32. The summed E-state index contributed by atoms with van der Waals surface area (Å²) in [4.78, 5) is 2.68. The van der Waals surface area contributed by atoms with E-state index in [9.17, 15) is 0 Å². The predicted molar refractivity (Wildman–Crippen MR) is 107 cm³/mol. The predicted octanol–water partition coefficient (Wildman–Crippen LogP) is 5.47. The zero-order valence-electron chi connectivity index (χ0n) is 13.3. The highest BCUT2D eigenvalue weighted by Crippen LogP contribution is 2.40. The molecule has 0 bridgehead atoms. The van der Waals surface area contributed by atoms with Gasteiger partial charge < -0.3 is 5.32 Å². The fourth-order valence-electron chi connectivity index (χ4n) is 3.89. The van der Waals surface area contributed by atoms with Crippen molar-refractivity contribution in [3.8, 4) is 0 Å². The molecule has 1 atom stereocenters. The van der Waals surface area contributed by atoms with Crippen molar-refractivity contribution < 1.29 is 0 Å². The Morgan fingerprint density at radius 3 is 2.35 bits per heavy atom. The van der Waals surface area contributed by atoms with Crippen LogP contribution in [0.1, 0.15) is 43.7 Å². The van der Waals surface area contributed by atoms with Crippen molar-refractivity contribution in [1.82, 2.24) is 10.2 Å². The van der Waals surface area contributed by atoms with Gasteiger partial charge in [0.15, 0.2) is 0 Å². The van der Waals surface area contributed by atoms with Crippen molar-refractivity contribution in [2.45, 2.75) is 38.1 Å². The fourth-order valence-corrected chi connectivity index (χ4v) is 4.40. The number of halogens is 4. The second kappa shape index (κ2) is 10.5. The highest BCUT2D eigenvalue weighted by atomic mass is 79.9. The third kappa shape index (κ3) is 5.49. The second-order valence-corrected chi connectivity index (χ2v) is 7.56. The van der Waals surface area contributed by atoms with Crippen LogP contribution in [-0.2, 0) is 0 Å². The smallest absolute Gasteiger partial charge is 0.0548 e. The van der Waals surface area contributed by atoms with Crippen molar-refractivity contribution in [2.24, 2.45) is 5.92 Å². The molecule has 0 aromatic heterocycles. The Balaban J connectivity index is 0.00000132. The molecule has 2 aliphatic rings. The lowest BCUT2D eigenvalue weighted by molar-refractivity contribution is 0.103. The lowest BCUT2D eigenvalue weighted by Crippen LogP contribution is -2.47. The van der Waals surface area contributed by atoms with Crippen LogP contribution >= 0.6 is 52.3 Å².